The number of anilines is 1. The molecule has 0 bridgehead atoms. The molecule has 1 aromatic carbocycles. The summed E-state index contributed by atoms with van der Waals surface area (Å²) in [6.45, 7) is 7.47. The second-order valence-electron chi connectivity index (χ2n) is 4.48. The van der Waals surface area contributed by atoms with Gasteiger partial charge in [0.1, 0.15) is 0 Å². The Balaban J connectivity index is 2.58. The van der Waals surface area contributed by atoms with Gasteiger partial charge in [0.2, 0.25) is 0 Å². The van der Waals surface area contributed by atoms with Gasteiger partial charge in [-0.05, 0) is 36.9 Å². The van der Waals surface area contributed by atoms with Gasteiger partial charge in [0.25, 0.3) is 5.91 Å². The Hall–Kier alpha value is -1.50. The summed E-state index contributed by atoms with van der Waals surface area (Å²) in [5.74, 6) is 0.430. The summed E-state index contributed by atoms with van der Waals surface area (Å²) >= 11 is 1.73. The summed E-state index contributed by atoms with van der Waals surface area (Å²) in [4.78, 5) is 14.3. The van der Waals surface area contributed by atoms with Gasteiger partial charge in [-0.2, -0.15) is 0 Å². The van der Waals surface area contributed by atoms with E-state index in [4.69, 9.17) is 10.9 Å². The second kappa shape index (κ2) is 9.44. The number of thioether (sulfide) groups is 1. The summed E-state index contributed by atoms with van der Waals surface area (Å²) < 4.78 is 0. The number of hydroxylamine groups is 1. The number of nitrogens with one attached hydrogen (secondary N) is 1. The van der Waals surface area contributed by atoms with Crippen LogP contribution in [0.5, 0.6) is 0 Å². The van der Waals surface area contributed by atoms with Gasteiger partial charge in [-0.25, -0.2) is 5.48 Å². The van der Waals surface area contributed by atoms with E-state index in [0.717, 1.165) is 35.8 Å². The number of nitrogen functional groups attached to an aromatic ring is 1. The van der Waals surface area contributed by atoms with Crippen LogP contribution in [0.4, 0.5) is 5.69 Å². The zero-order valence-electron chi connectivity index (χ0n) is 12.5. The van der Waals surface area contributed by atoms with Crippen molar-refractivity contribution < 1.29 is 10.0 Å². The molecule has 0 fully saturated rings. The molecule has 21 heavy (non-hydrogen) atoms. The van der Waals surface area contributed by atoms with E-state index >= 15 is 0 Å². The maximum Gasteiger partial charge on any atom is 0.267 e. The Labute approximate surface area is 130 Å². The largest absolute Gasteiger partial charge is 0.398 e. The number of benzene rings is 1. The van der Waals surface area contributed by atoms with Crippen LogP contribution in [-0.4, -0.2) is 41.4 Å². The fourth-order valence-corrected chi connectivity index (χ4v) is 2.80. The SMILES string of the molecule is CCN(CC)CCSc1ccc(/C=C/C(=O)NO)cc1N. The lowest BCUT2D eigenvalue weighted by Crippen LogP contribution is -2.25. The van der Waals surface area contributed by atoms with E-state index in [1.807, 2.05) is 18.2 Å². The number of rotatable bonds is 8. The molecule has 0 aliphatic rings. The summed E-state index contributed by atoms with van der Waals surface area (Å²) in [7, 11) is 0. The number of nitrogens with zero attached hydrogens (tertiary/aromatic N) is 1. The molecule has 1 aromatic rings. The van der Waals surface area contributed by atoms with Crippen molar-refractivity contribution in [1.29, 1.82) is 0 Å². The molecule has 0 saturated carbocycles. The molecule has 0 saturated heterocycles. The van der Waals surface area contributed by atoms with Crippen molar-refractivity contribution in [3.05, 3.63) is 29.8 Å². The number of carbonyl (C=O) groups excluding carboxylic acids is 1. The molecule has 0 spiro atoms. The highest BCUT2D eigenvalue weighted by atomic mass is 32.2. The minimum atomic E-state index is -0.564. The Morgan fingerprint density at radius 3 is 2.71 bits per heavy atom. The number of nitrogens with two attached hydrogens (primary N) is 1. The van der Waals surface area contributed by atoms with Crippen LogP contribution >= 0.6 is 11.8 Å². The molecule has 0 aromatic heterocycles. The highest BCUT2D eigenvalue weighted by Gasteiger charge is 2.03. The van der Waals surface area contributed by atoms with Gasteiger partial charge in [0.15, 0.2) is 0 Å². The smallest absolute Gasteiger partial charge is 0.267 e. The van der Waals surface area contributed by atoms with Gasteiger partial charge >= 0.3 is 0 Å². The fraction of sp³-hybridized carbons (Fsp3) is 0.400. The van der Waals surface area contributed by atoms with Crippen molar-refractivity contribution in [2.75, 3.05) is 31.1 Å². The summed E-state index contributed by atoms with van der Waals surface area (Å²) in [6.07, 6.45) is 2.86. The van der Waals surface area contributed by atoms with Crippen molar-refractivity contribution in [3.8, 4) is 0 Å². The minimum absolute atomic E-state index is 0.564. The van der Waals surface area contributed by atoms with E-state index in [0.29, 0.717) is 5.69 Å². The van der Waals surface area contributed by atoms with E-state index in [1.54, 1.807) is 23.3 Å². The lowest BCUT2D eigenvalue weighted by molar-refractivity contribution is -0.124. The van der Waals surface area contributed by atoms with Gasteiger partial charge in [-0.3, -0.25) is 10.0 Å². The molecule has 116 valence electrons. The Kier molecular flexibility index (Phi) is 7.89. The topological polar surface area (TPSA) is 78.6 Å². The molecule has 0 unspecified atom stereocenters. The molecule has 0 heterocycles. The fourth-order valence-electron chi connectivity index (χ4n) is 1.84. The zero-order chi connectivity index (χ0) is 15.7. The third kappa shape index (κ3) is 6.20. The van der Waals surface area contributed by atoms with Crippen LogP contribution in [0.15, 0.2) is 29.2 Å². The first-order valence-electron chi connectivity index (χ1n) is 6.97. The van der Waals surface area contributed by atoms with Crippen molar-refractivity contribution in [2.45, 2.75) is 18.7 Å². The lowest BCUT2D eigenvalue weighted by atomic mass is 10.2. The standard InChI is InChI=1S/C15H23N3O2S/c1-3-18(4-2)9-10-21-14-7-5-12(11-13(14)16)6-8-15(19)17-20/h5-8,11,20H,3-4,9-10,16H2,1-2H3,(H,17,19)/b8-6+. The van der Waals surface area contributed by atoms with Crippen LogP contribution < -0.4 is 11.2 Å². The molecule has 4 N–H and O–H groups in total. The van der Waals surface area contributed by atoms with Crippen molar-refractivity contribution in [1.82, 2.24) is 10.4 Å². The summed E-state index contributed by atoms with van der Waals surface area (Å²) in [5.41, 5.74) is 9.09. The molecular formula is C15H23N3O2S. The Morgan fingerprint density at radius 1 is 1.43 bits per heavy atom. The molecule has 1 amide bonds. The molecule has 1 rings (SSSR count). The van der Waals surface area contributed by atoms with E-state index in [1.165, 1.54) is 6.08 Å². The highest BCUT2D eigenvalue weighted by Crippen LogP contribution is 2.26. The van der Waals surface area contributed by atoms with Crippen LogP contribution in [0.2, 0.25) is 0 Å². The Morgan fingerprint density at radius 2 is 2.14 bits per heavy atom. The van der Waals surface area contributed by atoms with Crippen molar-refractivity contribution in [2.24, 2.45) is 0 Å². The summed E-state index contributed by atoms with van der Waals surface area (Å²) in [6, 6.07) is 5.68. The first kappa shape index (κ1) is 17.6. The number of hydrogen-bond donors (Lipinski definition) is 3. The van der Waals surface area contributed by atoms with Crippen LogP contribution in [0.1, 0.15) is 19.4 Å². The van der Waals surface area contributed by atoms with Crippen LogP contribution in [0, 0.1) is 0 Å². The van der Waals surface area contributed by atoms with Crippen molar-refractivity contribution >= 4 is 29.4 Å². The van der Waals surface area contributed by atoms with Gasteiger partial charge in [0.05, 0.1) is 0 Å². The first-order chi connectivity index (χ1) is 10.1. The third-order valence-electron chi connectivity index (χ3n) is 3.13. The van der Waals surface area contributed by atoms with E-state index in [-0.39, 0.29) is 0 Å². The molecule has 0 atom stereocenters. The molecule has 5 nitrogen and oxygen atoms in total. The maximum absolute atomic E-state index is 10.9. The molecule has 0 aliphatic heterocycles. The number of carbonyl (C=O) groups is 1. The molecular weight excluding hydrogens is 286 g/mol. The summed E-state index contributed by atoms with van der Waals surface area (Å²) in [5, 5.41) is 8.41. The molecule has 0 radical (unpaired) electrons. The quantitative estimate of drug-likeness (QED) is 0.226. The number of hydrogen-bond acceptors (Lipinski definition) is 5. The van der Waals surface area contributed by atoms with Crippen molar-refractivity contribution in [3.63, 3.8) is 0 Å². The van der Waals surface area contributed by atoms with E-state index < -0.39 is 5.91 Å². The lowest BCUT2D eigenvalue weighted by Gasteiger charge is -2.17. The van der Waals surface area contributed by atoms with Crippen LogP contribution in [0.3, 0.4) is 0 Å². The predicted octanol–water partition coefficient (Wildman–Crippen LogP) is 2.22. The first-order valence-corrected chi connectivity index (χ1v) is 7.96. The van der Waals surface area contributed by atoms with Crippen LogP contribution in [0.25, 0.3) is 6.08 Å². The molecule has 0 aliphatic carbocycles. The molecule has 6 heteroatoms. The second-order valence-corrected chi connectivity index (χ2v) is 5.62. The normalized spacial score (nSPS) is 11.2. The Bertz CT molecular complexity index is 488. The van der Waals surface area contributed by atoms with Gasteiger partial charge in [-0.1, -0.05) is 19.9 Å². The van der Waals surface area contributed by atoms with Crippen LogP contribution in [-0.2, 0) is 4.79 Å². The maximum atomic E-state index is 10.9. The van der Waals surface area contributed by atoms with E-state index in [9.17, 15) is 4.79 Å². The van der Waals surface area contributed by atoms with Gasteiger partial charge in [-0.15, -0.1) is 11.8 Å². The van der Waals surface area contributed by atoms with E-state index in [2.05, 4.69) is 18.7 Å². The number of amides is 1. The van der Waals surface area contributed by atoms with Gasteiger partial charge < -0.3 is 10.6 Å². The average Bonchev–Trinajstić information content (AvgIpc) is 2.50. The average molecular weight is 309 g/mol. The monoisotopic (exact) mass is 309 g/mol. The zero-order valence-corrected chi connectivity index (χ0v) is 13.3. The minimum Gasteiger partial charge on any atom is -0.398 e. The predicted molar refractivity (Wildman–Crippen MR) is 88.3 cm³/mol. The third-order valence-corrected chi connectivity index (χ3v) is 4.20. The highest BCUT2D eigenvalue weighted by molar-refractivity contribution is 7.99. The van der Waals surface area contributed by atoms with Gasteiger partial charge in [0, 0.05) is 29.0 Å².